The first kappa shape index (κ1) is 16.1. The average molecular weight is 321 g/mol. The molecule has 126 valence electrons. The van der Waals surface area contributed by atoms with Crippen molar-refractivity contribution in [3.63, 3.8) is 0 Å². The van der Waals surface area contributed by atoms with Crippen LogP contribution in [0.1, 0.15) is 23.2 Å². The maximum atomic E-state index is 12.6. The molecule has 6 nitrogen and oxygen atoms in total. The second-order valence-corrected chi connectivity index (χ2v) is 5.87. The lowest BCUT2D eigenvalue weighted by Crippen LogP contribution is -2.39. The molecule has 1 saturated heterocycles. The van der Waals surface area contributed by atoms with Crippen molar-refractivity contribution in [3.05, 3.63) is 23.8 Å². The van der Waals surface area contributed by atoms with Crippen LogP contribution in [0.3, 0.4) is 0 Å². The van der Waals surface area contributed by atoms with Crippen molar-refractivity contribution in [2.45, 2.75) is 12.8 Å². The van der Waals surface area contributed by atoms with Crippen molar-refractivity contribution < 1.29 is 23.7 Å². The van der Waals surface area contributed by atoms with Gasteiger partial charge in [-0.2, -0.15) is 0 Å². The molecule has 1 amide bonds. The lowest BCUT2D eigenvalue weighted by Gasteiger charge is -2.32. The molecule has 0 atom stereocenters. The predicted molar refractivity (Wildman–Crippen MR) is 83.9 cm³/mol. The molecule has 23 heavy (non-hydrogen) atoms. The van der Waals surface area contributed by atoms with Gasteiger partial charge in [-0.25, -0.2) is 0 Å². The Balaban J connectivity index is 1.48. The average Bonchev–Trinajstić information content (AvgIpc) is 3.06. The van der Waals surface area contributed by atoms with E-state index >= 15 is 0 Å². The van der Waals surface area contributed by atoms with Crippen molar-refractivity contribution in [1.82, 2.24) is 4.90 Å². The van der Waals surface area contributed by atoms with Gasteiger partial charge in [0.15, 0.2) is 11.5 Å². The van der Waals surface area contributed by atoms with Crippen LogP contribution in [0.25, 0.3) is 0 Å². The largest absolute Gasteiger partial charge is 0.454 e. The van der Waals surface area contributed by atoms with E-state index < -0.39 is 0 Å². The lowest BCUT2D eigenvalue weighted by atomic mass is 9.97. The number of benzene rings is 1. The minimum absolute atomic E-state index is 0.0575. The predicted octanol–water partition coefficient (Wildman–Crippen LogP) is 1.93. The smallest absolute Gasteiger partial charge is 0.253 e. The minimum atomic E-state index is 0.0575. The molecule has 3 rings (SSSR count). The Bertz CT molecular complexity index is 540. The number of hydrogen-bond acceptors (Lipinski definition) is 5. The number of carbonyl (C=O) groups excluding carboxylic acids is 1. The summed E-state index contributed by atoms with van der Waals surface area (Å²) in [7, 11) is 1.67. The van der Waals surface area contributed by atoms with Crippen molar-refractivity contribution in [1.29, 1.82) is 0 Å². The van der Waals surface area contributed by atoms with Crippen molar-refractivity contribution >= 4 is 5.91 Å². The molecule has 0 unspecified atom stereocenters. The molecule has 2 aliphatic rings. The Morgan fingerprint density at radius 1 is 1.22 bits per heavy atom. The van der Waals surface area contributed by atoms with E-state index in [1.54, 1.807) is 25.3 Å². The zero-order valence-electron chi connectivity index (χ0n) is 13.5. The van der Waals surface area contributed by atoms with Crippen LogP contribution in [0.5, 0.6) is 11.5 Å². The van der Waals surface area contributed by atoms with Gasteiger partial charge in [0, 0.05) is 32.4 Å². The van der Waals surface area contributed by atoms with E-state index in [4.69, 9.17) is 18.9 Å². The van der Waals surface area contributed by atoms with E-state index in [0.717, 1.165) is 32.5 Å². The number of fused-ring (bicyclic) bond motifs is 1. The van der Waals surface area contributed by atoms with E-state index in [2.05, 4.69) is 0 Å². The summed E-state index contributed by atoms with van der Waals surface area (Å²) in [6.45, 7) is 3.77. The maximum absolute atomic E-state index is 12.6. The first-order valence-corrected chi connectivity index (χ1v) is 8.03. The summed E-state index contributed by atoms with van der Waals surface area (Å²) < 4.78 is 21.2. The molecule has 0 bridgehead atoms. The second kappa shape index (κ2) is 7.66. The summed E-state index contributed by atoms with van der Waals surface area (Å²) >= 11 is 0. The summed E-state index contributed by atoms with van der Waals surface area (Å²) in [6, 6.07) is 5.37. The van der Waals surface area contributed by atoms with Crippen LogP contribution in [0.15, 0.2) is 18.2 Å². The Morgan fingerprint density at radius 3 is 2.78 bits per heavy atom. The van der Waals surface area contributed by atoms with Gasteiger partial charge in [0.25, 0.3) is 5.91 Å². The van der Waals surface area contributed by atoms with Crippen LogP contribution in [-0.2, 0) is 9.47 Å². The van der Waals surface area contributed by atoms with E-state index in [1.807, 2.05) is 4.90 Å². The molecule has 0 radical (unpaired) electrons. The summed E-state index contributed by atoms with van der Waals surface area (Å²) in [5.41, 5.74) is 0.657. The molecule has 0 aliphatic carbocycles. The number of hydrogen-bond donors (Lipinski definition) is 0. The van der Waals surface area contributed by atoms with Crippen LogP contribution in [0.4, 0.5) is 0 Å². The Hall–Kier alpha value is -1.79. The molecule has 0 saturated carbocycles. The molecule has 0 spiro atoms. The van der Waals surface area contributed by atoms with Crippen LogP contribution in [-0.4, -0.2) is 57.6 Å². The molecule has 6 heteroatoms. The fourth-order valence-electron chi connectivity index (χ4n) is 2.91. The SMILES string of the molecule is COCCOCC1CCN(C(=O)c2ccc3c(c2)OCO3)CC1. The molecule has 1 fully saturated rings. The number of rotatable bonds is 6. The normalized spacial score (nSPS) is 17.5. The Kier molecular flexibility index (Phi) is 5.35. The molecular weight excluding hydrogens is 298 g/mol. The van der Waals surface area contributed by atoms with Gasteiger partial charge in [-0.15, -0.1) is 0 Å². The maximum Gasteiger partial charge on any atom is 0.253 e. The fourth-order valence-corrected chi connectivity index (χ4v) is 2.91. The minimum Gasteiger partial charge on any atom is -0.454 e. The van der Waals surface area contributed by atoms with Gasteiger partial charge in [0.2, 0.25) is 6.79 Å². The van der Waals surface area contributed by atoms with Gasteiger partial charge >= 0.3 is 0 Å². The highest BCUT2D eigenvalue weighted by Crippen LogP contribution is 2.33. The first-order valence-electron chi connectivity index (χ1n) is 8.03. The standard InChI is InChI=1S/C17H23NO5/c1-20-8-9-21-11-13-4-6-18(7-5-13)17(19)14-2-3-15-16(10-14)23-12-22-15/h2-3,10,13H,4-9,11-12H2,1H3. The Labute approximate surface area is 136 Å². The van der Waals surface area contributed by atoms with Crippen molar-refractivity contribution in [3.8, 4) is 11.5 Å². The van der Waals surface area contributed by atoms with Gasteiger partial charge < -0.3 is 23.8 Å². The zero-order valence-corrected chi connectivity index (χ0v) is 13.5. The van der Waals surface area contributed by atoms with Gasteiger partial charge in [-0.3, -0.25) is 4.79 Å². The lowest BCUT2D eigenvalue weighted by molar-refractivity contribution is 0.0327. The number of nitrogens with zero attached hydrogens (tertiary/aromatic N) is 1. The number of amides is 1. The summed E-state index contributed by atoms with van der Waals surface area (Å²) in [4.78, 5) is 14.5. The number of likely N-dealkylation sites (tertiary alicyclic amines) is 1. The van der Waals surface area contributed by atoms with Crippen LogP contribution >= 0.6 is 0 Å². The van der Waals surface area contributed by atoms with Crippen LogP contribution < -0.4 is 9.47 Å². The van der Waals surface area contributed by atoms with Crippen molar-refractivity contribution in [2.24, 2.45) is 5.92 Å². The highest BCUT2D eigenvalue weighted by atomic mass is 16.7. The summed E-state index contributed by atoms with van der Waals surface area (Å²) in [5, 5.41) is 0. The molecule has 1 aromatic carbocycles. The van der Waals surface area contributed by atoms with E-state index in [9.17, 15) is 4.79 Å². The molecule has 0 N–H and O–H groups in total. The molecule has 2 heterocycles. The monoisotopic (exact) mass is 321 g/mol. The quantitative estimate of drug-likeness (QED) is 0.749. The van der Waals surface area contributed by atoms with Crippen molar-refractivity contribution in [2.75, 3.05) is 46.8 Å². The highest BCUT2D eigenvalue weighted by Gasteiger charge is 2.25. The molecule has 1 aromatic rings. The number of carbonyl (C=O) groups is 1. The van der Waals surface area contributed by atoms with Gasteiger partial charge in [0.1, 0.15) is 0 Å². The van der Waals surface area contributed by atoms with Gasteiger partial charge in [0.05, 0.1) is 13.2 Å². The molecular formula is C17H23NO5. The molecule has 0 aromatic heterocycles. The highest BCUT2D eigenvalue weighted by molar-refractivity contribution is 5.95. The number of methoxy groups -OCH3 is 1. The third-order valence-electron chi connectivity index (χ3n) is 4.31. The zero-order chi connectivity index (χ0) is 16.1. The van der Waals surface area contributed by atoms with Gasteiger partial charge in [-0.05, 0) is 37.0 Å². The summed E-state index contributed by atoms with van der Waals surface area (Å²) in [5.74, 6) is 1.93. The van der Waals surface area contributed by atoms with E-state index in [-0.39, 0.29) is 12.7 Å². The number of ether oxygens (including phenoxy) is 4. The van der Waals surface area contributed by atoms with Gasteiger partial charge in [-0.1, -0.05) is 0 Å². The third kappa shape index (κ3) is 3.95. The second-order valence-electron chi connectivity index (χ2n) is 5.87. The first-order chi connectivity index (χ1) is 11.3. The summed E-state index contributed by atoms with van der Waals surface area (Å²) in [6.07, 6.45) is 1.95. The topological polar surface area (TPSA) is 57.2 Å². The third-order valence-corrected chi connectivity index (χ3v) is 4.31. The van der Waals surface area contributed by atoms with Crippen LogP contribution in [0.2, 0.25) is 0 Å². The van der Waals surface area contributed by atoms with E-state index in [0.29, 0.717) is 36.2 Å². The fraction of sp³-hybridized carbons (Fsp3) is 0.588. The Morgan fingerprint density at radius 2 is 2.00 bits per heavy atom. The molecule has 2 aliphatic heterocycles. The van der Waals surface area contributed by atoms with E-state index in [1.165, 1.54) is 0 Å². The number of piperidine rings is 1. The van der Waals surface area contributed by atoms with Crippen LogP contribution in [0, 0.1) is 5.92 Å².